The maximum Gasteiger partial charge on any atom is 0.416 e. The minimum atomic E-state index is -4.45. The molecule has 0 aromatic carbocycles. The molecule has 11 heteroatoms. The van der Waals surface area contributed by atoms with Crippen molar-refractivity contribution in [1.29, 1.82) is 0 Å². The molecule has 2 bridgehead atoms. The number of anilines is 2. The molecule has 148 valence electrons. The summed E-state index contributed by atoms with van der Waals surface area (Å²) >= 11 is 1.34. The second-order valence-corrected chi connectivity index (χ2v) is 8.26. The molecule has 2 atom stereocenters. The molecule has 2 aliphatic rings. The van der Waals surface area contributed by atoms with Gasteiger partial charge in [0, 0.05) is 36.4 Å². The smallest absolute Gasteiger partial charge is 0.366 e. The van der Waals surface area contributed by atoms with E-state index in [1.54, 1.807) is 0 Å². The molecule has 2 N–H and O–H groups in total. The van der Waals surface area contributed by atoms with Crippen LogP contribution in [0.4, 0.5) is 24.3 Å². The third kappa shape index (κ3) is 2.71. The van der Waals surface area contributed by atoms with E-state index in [1.807, 2.05) is 6.92 Å². The maximum atomic E-state index is 13.8. The van der Waals surface area contributed by atoms with E-state index in [1.165, 1.54) is 22.2 Å². The van der Waals surface area contributed by atoms with E-state index in [2.05, 4.69) is 24.3 Å². The number of nitrogens with two attached hydrogens (primary N) is 1. The highest BCUT2D eigenvalue weighted by atomic mass is 32.1. The van der Waals surface area contributed by atoms with Crippen molar-refractivity contribution < 1.29 is 13.2 Å². The Morgan fingerprint density at radius 2 is 1.89 bits per heavy atom. The van der Waals surface area contributed by atoms with Gasteiger partial charge < -0.3 is 10.6 Å². The van der Waals surface area contributed by atoms with Gasteiger partial charge in [-0.2, -0.15) is 22.5 Å². The molecule has 3 aromatic heterocycles. The SMILES string of the molecule is Cc1nsc(N2CC3CCC(C2)C3c2c(C(F)(F)F)ccn3nc(N)nc23)n1. The molecule has 0 spiro atoms. The second kappa shape index (κ2) is 6.03. The number of aryl methyl sites for hydroxylation is 1. The summed E-state index contributed by atoms with van der Waals surface area (Å²) in [7, 11) is 0. The summed E-state index contributed by atoms with van der Waals surface area (Å²) in [5, 5.41) is 4.86. The Kier molecular flexibility index (Phi) is 3.80. The lowest BCUT2D eigenvalue weighted by Crippen LogP contribution is -2.41. The average Bonchev–Trinajstić information content (AvgIpc) is 3.28. The van der Waals surface area contributed by atoms with Gasteiger partial charge in [0.2, 0.25) is 11.1 Å². The van der Waals surface area contributed by atoms with Crippen LogP contribution in [-0.2, 0) is 6.18 Å². The van der Waals surface area contributed by atoms with E-state index in [4.69, 9.17) is 5.73 Å². The Morgan fingerprint density at radius 1 is 1.18 bits per heavy atom. The van der Waals surface area contributed by atoms with Gasteiger partial charge in [-0.3, -0.25) is 0 Å². The fourth-order valence-electron chi connectivity index (χ4n) is 4.82. The second-order valence-electron chi connectivity index (χ2n) is 7.53. The van der Waals surface area contributed by atoms with Crippen molar-refractivity contribution in [2.45, 2.75) is 31.9 Å². The third-order valence-electron chi connectivity index (χ3n) is 5.82. The van der Waals surface area contributed by atoms with Gasteiger partial charge in [0.1, 0.15) is 5.82 Å². The maximum absolute atomic E-state index is 13.8. The fraction of sp³-hybridized carbons (Fsp3) is 0.529. The summed E-state index contributed by atoms with van der Waals surface area (Å²) in [6, 6.07) is 1.09. The zero-order valence-electron chi connectivity index (χ0n) is 15.0. The molecule has 1 saturated heterocycles. The predicted molar refractivity (Wildman–Crippen MR) is 98.2 cm³/mol. The standard InChI is InChI=1S/C17H18F3N7S/c1-8-22-16(28-25-8)26-6-9-2-3-10(7-26)12(9)13-11(17(18,19)20)4-5-27-14(13)23-15(21)24-27/h4-5,9-10,12H,2-3,6-7H2,1H3,(H2,21,24). The molecular weight excluding hydrogens is 391 g/mol. The third-order valence-corrected chi connectivity index (χ3v) is 6.69. The summed E-state index contributed by atoms with van der Waals surface area (Å²) in [6.45, 7) is 3.17. The van der Waals surface area contributed by atoms with Crippen LogP contribution in [0.5, 0.6) is 0 Å². The lowest BCUT2D eigenvalue weighted by atomic mass is 9.78. The normalized spacial score (nSPS) is 25.0. The Balaban J connectivity index is 1.59. The number of alkyl halides is 3. The molecular formula is C17H18F3N7S. The van der Waals surface area contributed by atoms with Crippen LogP contribution < -0.4 is 10.6 Å². The van der Waals surface area contributed by atoms with Crippen LogP contribution in [0.3, 0.4) is 0 Å². The van der Waals surface area contributed by atoms with Crippen LogP contribution in [0, 0.1) is 18.8 Å². The molecule has 7 nitrogen and oxygen atoms in total. The summed E-state index contributed by atoms with van der Waals surface area (Å²) in [4.78, 5) is 10.7. The molecule has 2 unspecified atom stereocenters. The number of piperidine rings is 1. The molecule has 1 aliphatic carbocycles. The zero-order valence-corrected chi connectivity index (χ0v) is 15.8. The van der Waals surface area contributed by atoms with E-state index in [-0.39, 0.29) is 34.9 Å². The highest BCUT2D eigenvalue weighted by molar-refractivity contribution is 7.09. The van der Waals surface area contributed by atoms with E-state index in [0.29, 0.717) is 13.1 Å². The van der Waals surface area contributed by atoms with Crippen LogP contribution in [0.2, 0.25) is 0 Å². The van der Waals surface area contributed by atoms with Crippen molar-refractivity contribution >= 4 is 28.3 Å². The molecule has 4 heterocycles. The molecule has 1 saturated carbocycles. The van der Waals surface area contributed by atoms with Crippen molar-refractivity contribution in [3.05, 3.63) is 29.2 Å². The Bertz CT molecular complexity index is 1030. The molecule has 0 radical (unpaired) electrons. The largest absolute Gasteiger partial charge is 0.416 e. The number of nitrogens with zero attached hydrogens (tertiary/aromatic N) is 6. The van der Waals surface area contributed by atoms with Gasteiger partial charge in [-0.05, 0) is 43.6 Å². The number of rotatable bonds is 2. The summed E-state index contributed by atoms with van der Waals surface area (Å²) < 4.78 is 47.1. The number of halogens is 3. The molecule has 2 fully saturated rings. The zero-order chi connectivity index (χ0) is 19.6. The molecule has 1 aliphatic heterocycles. The van der Waals surface area contributed by atoms with Crippen molar-refractivity contribution in [1.82, 2.24) is 24.0 Å². The number of nitrogen functional groups attached to an aromatic ring is 1. The van der Waals surface area contributed by atoms with Gasteiger partial charge in [-0.15, -0.1) is 5.10 Å². The van der Waals surface area contributed by atoms with Crippen molar-refractivity contribution in [3.63, 3.8) is 0 Å². The van der Waals surface area contributed by atoms with Crippen LogP contribution >= 0.6 is 11.5 Å². The lowest BCUT2D eigenvalue weighted by molar-refractivity contribution is -0.138. The average molecular weight is 409 g/mol. The summed E-state index contributed by atoms with van der Waals surface area (Å²) in [5.74, 6) is 0.655. The van der Waals surface area contributed by atoms with Gasteiger partial charge >= 0.3 is 6.18 Å². The number of pyridine rings is 1. The lowest BCUT2D eigenvalue weighted by Gasteiger charge is -2.38. The fourth-order valence-corrected chi connectivity index (χ4v) is 5.52. The van der Waals surface area contributed by atoms with Crippen molar-refractivity contribution in [3.8, 4) is 0 Å². The minimum Gasteiger partial charge on any atom is -0.366 e. The van der Waals surface area contributed by atoms with Gasteiger partial charge in [-0.1, -0.05) is 0 Å². The first-order valence-corrected chi connectivity index (χ1v) is 9.86. The minimum absolute atomic E-state index is 0.0188. The first-order chi connectivity index (χ1) is 13.3. The topological polar surface area (TPSA) is 85.2 Å². The van der Waals surface area contributed by atoms with E-state index in [0.717, 1.165) is 29.9 Å². The quantitative estimate of drug-likeness (QED) is 0.700. The summed E-state index contributed by atoms with van der Waals surface area (Å²) in [5.41, 5.74) is 5.51. The Labute approximate surface area is 162 Å². The number of hydrogen-bond donors (Lipinski definition) is 1. The first kappa shape index (κ1) is 17.7. The van der Waals surface area contributed by atoms with Gasteiger partial charge in [-0.25, -0.2) is 9.50 Å². The number of aromatic nitrogens is 5. The predicted octanol–water partition coefficient (Wildman–Crippen LogP) is 3.12. The van der Waals surface area contributed by atoms with E-state index in [9.17, 15) is 13.2 Å². The highest BCUT2D eigenvalue weighted by Crippen LogP contribution is 2.52. The Morgan fingerprint density at radius 3 is 2.50 bits per heavy atom. The van der Waals surface area contributed by atoms with Crippen molar-refractivity contribution in [2.75, 3.05) is 23.7 Å². The van der Waals surface area contributed by atoms with Crippen LogP contribution in [-0.4, -0.2) is 37.0 Å². The van der Waals surface area contributed by atoms with Crippen LogP contribution in [0.1, 0.15) is 35.7 Å². The molecule has 0 amide bonds. The number of fused-ring (bicyclic) bond motifs is 3. The van der Waals surface area contributed by atoms with E-state index >= 15 is 0 Å². The highest BCUT2D eigenvalue weighted by Gasteiger charge is 2.48. The van der Waals surface area contributed by atoms with E-state index < -0.39 is 11.7 Å². The van der Waals surface area contributed by atoms with Gasteiger partial charge in [0.05, 0.1) is 5.56 Å². The van der Waals surface area contributed by atoms with Gasteiger partial charge in [0.15, 0.2) is 5.65 Å². The molecule has 28 heavy (non-hydrogen) atoms. The van der Waals surface area contributed by atoms with Crippen LogP contribution in [0.25, 0.3) is 5.65 Å². The van der Waals surface area contributed by atoms with Crippen molar-refractivity contribution in [2.24, 2.45) is 11.8 Å². The van der Waals surface area contributed by atoms with Crippen LogP contribution in [0.15, 0.2) is 12.3 Å². The van der Waals surface area contributed by atoms with Gasteiger partial charge in [0.25, 0.3) is 0 Å². The molecule has 5 rings (SSSR count). The first-order valence-electron chi connectivity index (χ1n) is 9.08. The monoisotopic (exact) mass is 409 g/mol. The Hall–Kier alpha value is -2.43. The number of hydrogen-bond acceptors (Lipinski definition) is 7. The molecule has 3 aromatic rings. The summed E-state index contributed by atoms with van der Waals surface area (Å²) in [6.07, 6.45) is -1.41.